The van der Waals surface area contributed by atoms with Gasteiger partial charge in [0, 0.05) is 6.54 Å². The van der Waals surface area contributed by atoms with E-state index in [9.17, 15) is 9.59 Å². The van der Waals surface area contributed by atoms with Gasteiger partial charge in [-0.3, -0.25) is 14.9 Å². The zero-order valence-corrected chi connectivity index (χ0v) is 11.2. The lowest BCUT2D eigenvalue weighted by Crippen LogP contribution is -2.37. The number of benzene rings is 1. The molecule has 0 atom stereocenters. The van der Waals surface area contributed by atoms with E-state index in [-0.39, 0.29) is 24.9 Å². The van der Waals surface area contributed by atoms with Crippen molar-refractivity contribution in [2.75, 3.05) is 32.1 Å². The Morgan fingerprint density at radius 2 is 1.84 bits per heavy atom. The van der Waals surface area contributed by atoms with E-state index < -0.39 is 0 Å². The molecule has 0 heterocycles. The highest BCUT2D eigenvalue weighted by Gasteiger charge is 2.07. The van der Waals surface area contributed by atoms with E-state index in [0.717, 1.165) is 0 Å². The highest BCUT2D eigenvalue weighted by atomic mass is 16.5. The third kappa shape index (κ3) is 5.39. The first-order valence-electron chi connectivity index (χ1n) is 6.07. The summed E-state index contributed by atoms with van der Waals surface area (Å²) >= 11 is 0. The van der Waals surface area contributed by atoms with Crippen molar-refractivity contribution in [2.24, 2.45) is 0 Å². The van der Waals surface area contributed by atoms with Crippen molar-refractivity contribution in [3.8, 4) is 5.75 Å². The van der Waals surface area contributed by atoms with Crippen LogP contribution in [0.25, 0.3) is 0 Å². The minimum Gasteiger partial charge on any atom is -0.495 e. The van der Waals surface area contributed by atoms with E-state index in [4.69, 9.17) is 4.74 Å². The summed E-state index contributed by atoms with van der Waals surface area (Å²) in [5.74, 6) is 0.237. The number of amides is 2. The molecule has 0 unspecified atom stereocenters. The van der Waals surface area contributed by atoms with Crippen LogP contribution in [0, 0.1) is 0 Å². The van der Waals surface area contributed by atoms with Gasteiger partial charge in [-0.05, 0) is 19.1 Å². The number of carbonyl (C=O) groups is 2. The number of anilines is 1. The Kier molecular flexibility index (Phi) is 6.38. The maximum absolute atomic E-state index is 11.7. The van der Waals surface area contributed by atoms with Crippen LogP contribution in [-0.4, -0.2) is 38.6 Å². The monoisotopic (exact) mass is 265 g/mol. The van der Waals surface area contributed by atoms with Crippen LogP contribution in [0.5, 0.6) is 5.75 Å². The lowest BCUT2D eigenvalue weighted by atomic mass is 10.3. The fraction of sp³-hybridized carbons (Fsp3) is 0.385. The summed E-state index contributed by atoms with van der Waals surface area (Å²) in [6.07, 6.45) is 0. The molecule has 0 bridgehead atoms. The molecule has 3 N–H and O–H groups in total. The minimum atomic E-state index is -0.228. The van der Waals surface area contributed by atoms with Gasteiger partial charge in [0.25, 0.3) is 0 Å². The fourth-order valence-corrected chi connectivity index (χ4v) is 1.49. The molecule has 0 fully saturated rings. The summed E-state index contributed by atoms with van der Waals surface area (Å²) in [6, 6.07) is 7.14. The van der Waals surface area contributed by atoms with Crippen LogP contribution in [-0.2, 0) is 9.59 Å². The molecule has 0 aliphatic heterocycles. The normalized spacial score (nSPS) is 9.79. The average molecular weight is 265 g/mol. The van der Waals surface area contributed by atoms with Gasteiger partial charge in [0.05, 0.1) is 25.9 Å². The van der Waals surface area contributed by atoms with E-state index in [2.05, 4.69) is 16.0 Å². The molecule has 19 heavy (non-hydrogen) atoms. The smallest absolute Gasteiger partial charge is 0.238 e. The summed E-state index contributed by atoms with van der Waals surface area (Å²) in [4.78, 5) is 22.8. The van der Waals surface area contributed by atoms with Crippen molar-refractivity contribution >= 4 is 17.5 Å². The van der Waals surface area contributed by atoms with E-state index in [0.29, 0.717) is 18.0 Å². The molecular weight excluding hydrogens is 246 g/mol. The summed E-state index contributed by atoms with van der Waals surface area (Å²) in [7, 11) is 1.54. The van der Waals surface area contributed by atoms with Crippen LogP contribution in [0.15, 0.2) is 24.3 Å². The summed E-state index contributed by atoms with van der Waals surface area (Å²) in [6.45, 7) is 2.60. The number of para-hydroxylation sites is 2. The largest absolute Gasteiger partial charge is 0.495 e. The number of ether oxygens (including phenoxy) is 1. The number of hydrogen-bond acceptors (Lipinski definition) is 4. The molecule has 6 nitrogen and oxygen atoms in total. The van der Waals surface area contributed by atoms with Gasteiger partial charge < -0.3 is 15.4 Å². The predicted octanol–water partition coefficient (Wildman–Crippen LogP) is 0.359. The van der Waals surface area contributed by atoms with Gasteiger partial charge in [-0.1, -0.05) is 12.1 Å². The van der Waals surface area contributed by atoms with Crippen LogP contribution >= 0.6 is 0 Å². The first kappa shape index (κ1) is 15.0. The second kappa shape index (κ2) is 8.10. The van der Waals surface area contributed by atoms with Gasteiger partial charge >= 0.3 is 0 Å². The van der Waals surface area contributed by atoms with Crippen LogP contribution in [0.3, 0.4) is 0 Å². The molecule has 1 aromatic carbocycles. The molecule has 1 rings (SSSR count). The van der Waals surface area contributed by atoms with Crippen molar-refractivity contribution in [1.29, 1.82) is 0 Å². The third-order valence-corrected chi connectivity index (χ3v) is 2.33. The number of carbonyl (C=O) groups excluding carboxylic acids is 2. The lowest BCUT2D eigenvalue weighted by Gasteiger charge is -2.10. The molecule has 0 radical (unpaired) electrons. The Bertz CT molecular complexity index is 435. The zero-order valence-electron chi connectivity index (χ0n) is 11.2. The highest BCUT2D eigenvalue weighted by molar-refractivity contribution is 5.94. The minimum absolute atomic E-state index is 0.0647. The maximum Gasteiger partial charge on any atom is 0.238 e. The molecule has 0 spiro atoms. The number of hydrogen-bond donors (Lipinski definition) is 3. The van der Waals surface area contributed by atoms with Gasteiger partial charge in [0.1, 0.15) is 5.75 Å². The van der Waals surface area contributed by atoms with Gasteiger partial charge in [0.15, 0.2) is 0 Å². The van der Waals surface area contributed by atoms with E-state index in [1.165, 1.54) is 0 Å². The number of nitrogens with one attached hydrogen (secondary N) is 3. The SMILES string of the molecule is CCNC(=O)CNCC(=O)Nc1ccccc1OC. The first-order valence-corrected chi connectivity index (χ1v) is 6.07. The van der Waals surface area contributed by atoms with Crippen molar-refractivity contribution in [3.63, 3.8) is 0 Å². The van der Waals surface area contributed by atoms with E-state index in [1.807, 2.05) is 13.0 Å². The predicted molar refractivity (Wildman–Crippen MR) is 73.2 cm³/mol. The molecule has 104 valence electrons. The standard InChI is InChI=1S/C13H19N3O3/c1-3-15-12(17)8-14-9-13(18)16-10-6-4-5-7-11(10)19-2/h4-7,14H,3,8-9H2,1-2H3,(H,15,17)(H,16,18). The van der Waals surface area contributed by atoms with Crippen molar-refractivity contribution < 1.29 is 14.3 Å². The first-order chi connectivity index (χ1) is 9.17. The number of likely N-dealkylation sites (N-methyl/N-ethyl adjacent to an activating group) is 1. The molecule has 0 saturated heterocycles. The second-order valence-electron chi connectivity index (χ2n) is 3.81. The Morgan fingerprint density at radius 1 is 1.16 bits per heavy atom. The molecule has 0 aliphatic carbocycles. The molecule has 2 amide bonds. The lowest BCUT2D eigenvalue weighted by molar-refractivity contribution is -0.120. The molecular formula is C13H19N3O3. The molecule has 1 aromatic rings. The highest BCUT2D eigenvalue weighted by Crippen LogP contribution is 2.22. The van der Waals surface area contributed by atoms with Crippen LogP contribution in [0.1, 0.15) is 6.92 Å². The van der Waals surface area contributed by atoms with Crippen LogP contribution in [0.4, 0.5) is 5.69 Å². The summed E-state index contributed by atoms with van der Waals surface area (Å²) < 4.78 is 5.12. The van der Waals surface area contributed by atoms with E-state index >= 15 is 0 Å². The quantitative estimate of drug-likeness (QED) is 0.665. The third-order valence-electron chi connectivity index (χ3n) is 2.33. The zero-order chi connectivity index (χ0) is 14.1. The molecule has 0 saturated carbocycles. The van der Waals surface area contributed by atoms with E-state index in [1.54, 1.807) is 25.3 Å². The van der Waals surface area contributed by atoms with Gasteiger partial charge in [0.2, 0.25) is 11.8 Å². The van der Waals surface area contributed by atoms with Crippen molar-refractivity contribution in [3.05, 3.63) is 24.3 Å². The second-order valence-corrected chi connectivity index (χ2v) is 3.81. The molecule has 0 aromatic heterocycles. The van der Waals surface area contributed by atoms with Crippen LogP contribution < -0.4 is 20.7 Å². The van der Waals surface area contributed by atoms with Crippen LogP contribution in [0.2, 0.25) is 0 Å². The van der Waals surface area contributed by atoms with Crippen molar-refractivity contribution in [2.45, 2.75) is 6.92 Å². The van der Waals surface area contributed by atoms with Crippen molar-refractivity contribution in [1.82, 2.24) is 10.6 Å². The Hall–Kier alpha value is -2.08. The summed E-state index contributed by atoms with van der Waals surface area (Å²) in [5.41, 5.74) is 0.606. The topological polar surface area (TPSA) is 79.5 Å². The van der Waals surface area contributed by atoms with Gasteiger partial charge in [-0.2, -0.15) is 0 Å². The Balaban J connectivity index is 2.37. The summed E-state index contributed by atoms with van der Waals surface area (Å²) in [5, 5.41) is 8.11. The van der Waals surface area contributed by atoms with Gasteiger partial charge in [-0.15, -0.1) is 0 Å². The fourth-order valence-electron chi connectivity index (χ4n) is 1.49. The number of rotatable bonds is 7. The molecule has 0 aliphatic rings. The maximum atomic E-state index is 11.7. The molecule has 6 heteroatoms. The number of methoxy groups -OCH3 is 1. The average Bonchev–Trinajstić information content (AvgIpc) is 2.39. The van der Waals surface area contributed by atoms with Gasteiger partial charge in [-0.25, -0.2) is 0 Å². The Morgan fingerprint density at radius 3 is 2.53 bits per heavy atom. The Labute approximate surface area is 112 Å².